The fraction of sp³-hybridized carbons (Fsp3) is 0.364. The molecule has 1 aromatic rings. The molecule has 0 heterocycles. The highest BCUT2D eigenvalue weighted by molar-refractivity contribution is 5.72. The molecule has 1 rings (SSSR count). The minimum atomic E-state index is -0.312. The summed E-state index contributed by atoms with van der Waals surface area (Å²) in [6.45, 7) is 1.72. The van der Waals surface area contributed by atoms with Crippen molar-refractivity contribution in [1.29, 1.82) is 0 Å². The largest absolute Gasteiger partial charge is 0.469 e. The molecule has 0 aliphatic carbocycles. The third kappa shape index (κ3) is 2.55. The normalized spacial score (nSPS) is 12.2. The summed E-state index contributed by atoms with van der Waals surface area (Å²) in [5, 5.41) is 0. The lowest BCUT2D eigenvalue weighted by molar-refractivity contribution is -0.144. The van der Waals surface area contributed by atoms with E-state index in [9.17, 15) is 9.18 Å². The third-order valence-electron chi connectivity index (χ3n) is 2.09. The van der Waals surface area contributed by atoms with Gasteiger partial charge >= 0.3 is 5.97 Å². The van der Waals surface area contributed by atoms with Crippen molar-refractivity contribution in [3.05, 3.63) is 35.6 Å². The molecule has 0 aromatic heterocycles. The Hall–Kier alpha value is -1.38. The van der Waals surface area contributed by atoms with Gasteiger partial charge < -0.3 is 4.74 Å². The summed E-state index contributed by atoms with van der Waals surface area (Å²) in [5.41, 5.74) is 0.547. The van der Waals surface area contributed by atoms with Crippen molar-refractivity contribution < 1.29 is 13.9 Å². The monoisotopic (exact) mass is 196 g/mol. The molecule has 14 heavy (non-hydrogen) atoms. The average Bonchev–Trinajstić information content (AvgIpc) is 2.20. The summed E-state index contributed by atoms with van der Waals surface area (Å²) in [6, 6.07) is 6.44. The van der Waals surface area contributed by atoms with Crippen molar-refractivity contribution in [2.45, 2.75) is 13.3 Å². The number of ether oxygens (including phenoxy) is 1. The van der Waals surface area contributed by atoms with Gasteiger partial charge in [0.2, 0.25) is 0 Å². The molecule has 2 nitrogen and oxygen atoms in total. The zero-order valence-corrected chi connectivity index (χ0v) is 8.29. The van der Waals surface area contributed by atoms with Crippen LogP contribution in [0.25, 0.3) is 0 Å². The van der Waals surface area contributed by atoms with Gasteiger partial charge in [-0.1, -0.05) is 25.1 Å². The predicted octanol–water partition coefficient (Wildman–Crippen LogP) is 2.18. The molecule has 0 saturated heterocycles. The summed E-state index contributed by atoms with van der Waals surface area (Å²) in [7, 11) is 1.33. The summed E-state index contributed by atoms with van der Waals surface area (Å²) >= 11 is 0. The molecule has 3 heteroatoms. The zero-order valence-electron chi connectivity index (χ0n) is 8.29. The van der Waals surface area contributed by atoms with E-state index in [2.05, 4.69) is 4.74 Å². The van der Waals surface area contributed by atoms with Crippen LogP contribution < -0.4 is 0 Å². The number of halogens is 1. The lowest BCUT2D eigenvalue weighted by Gasteiger charge is -2.09. The molecule has 1 atom stereocenters. The molecule has 0 amide bonds. The van der Waals surface area contributed by atoms with Gasteiger partial charge in [-0.25, -0.2) is 4.39 Å². The highest BCUT2D eigenvalue weighted by atomic mass is 19.1. The van der Waals surface area contributed by atoms with Crippen LogP contribution in [0, 0.1) is 11.7 Å². The van der Waals surface area contributed by atoms with Gasteiger partial charge in [-0.3, -0.25) is 4.79 Å². The Kier molecular flexibility index (Phi) is 3.63. The van der Waals surface area contributed by atoms with E-state index < -0.39 is 0 Å². The van der Waals surface area contributed by atoms with E-state index in [0.29, 0.717) is 12.0 Å². The van der Waals surface area contributed by atoms with Gasteiger partial charge in [0.15, 0.2) is 0 Å². The van der Waals surface area contributed by atoms with Gasteiger partial charge in [0.05, 0.1) is 13.0 Å². The van der Waals surface area contributed by atoms with E-state index in [1.807, 2.05) is 0 Å². The van der Waals surface area contributed by atoms with Crippen LogP contribution in [0.1, 0.15) is 12.5 Å². The van der Waals surface area contributed by atoms with Crippen LogP contribution in [-0.2, 0) is 16.0 Å². The Morgan fingerprint density at radius 3 is 2.71 bits per heavy atom. The Morgan fingerprint density at radius 2 is 2.14 bits per heavy atom. The minimum absolute atomic E-state index is 0.275. The topological polar surface area (TPSA) is 26.3 Å². The first-order valence-corrected chi connectivity index (χ1v) is 4.46. The van der Waals surface area contributed by atoms with Crippen LogP contribution in [0.15, 0.2) is 24.3 Å². The summed E-state index contributed by atoms with van der Waals surface area (Å²) in [6.07, 6.45) is 0.374. The van der Waals surface area contributed by atoms with Gasteiger partial charge in [0.1, 0.15) is 5.82 Å². The number of rotatable bonds is 3. The van der Waals surface area contributed by atoms with Crippen molar-refractivity contribution in [2.24, 2.45) is 5.92 Å². The van der Waals surface area contributed by atoms with Crippen LogP contribution in [0.3, 0.4) is 0 Å². The van der Waals surface area contributed by atoms with E-state index in [0.717, 1.165) is 0 Å². The van der Waals surface area contributed by atoms with Crippen molar-refractivity contribution in [1.82, 2.24) is 0 Å². The maximum Gasteiger partial charge on any atom is 0.308 e. The molecule has 0 fully saturated rings. The van der Waals surface area contributed by atoms with Crippen LogP contribution >= 0.6 is 0 Å². The highest BCUT2D eigenvalue weighted by Gasteiger charge is 2.15. The second kappa shape index (κ2) is 4.74. The molecule has 0 aliphatic rings. The number of benzene rings is 1. The molecule has 1 unspecified atom stereocenters. The molecule has 76 valence electrons. The fourth-order valence-corrected chi connectivity index (χ4v) is 1.28. The SMILES string of the molecule is COC(=O)C(C)Cc1ccccc1F. The first kappa shape index (κ1) is 10.7. The molecule has 0 aliphatic heterocycles. The second-order valence-electron chi connectivity index (χ2n) is 3.22. The van der Waals surface area contributed by atoms with Crippen molar-refractivity contribution in [3.63, 3.8) is 0 Å². The summed E-state index contributed by atoms with van der Waals surface area (Å²) < 4.78 is 17.7. The van der Waals surface area contributed by atoms with Crippen molar-refractivity contribution in [2.75, 3.05) is 7.11 Å². The predicted molar refractivity (Wildman–Crippen MR) is 51.3 cm³/mol. The highest BCUT2D eigenvalue weighted by Crippen LogP contribution is 2.13. The summed E-state index contributed by atoms with van der Waals surface area (Å²) in [4.78, 5) is 11.1. The third-order valence-corrected chi connectivity index (χ3v) is 2.09. The van der Waals surface area contributed by atoms with E-state index in [1.54, 1.807) is 25.1 Å². The van der Waals surface area contributed by atoms with Crippen LogP contribution in [0.4, 0.5) is 4.39 Å². The van der Waals surface area contributed by atoms with Crippen molar-refractivity contribution in [3.8, 4) is 0 Å². The number of hydrogen-bond acceptors (Lipinski definition) is 2. The molecule has 0 radical (unpaired) electrons. The van der Waals surface area contributed by atoms with E-state index in [1.165, 1.54) is 13.2 Å². The van der Waals surface area contributed by atoms with E-state index >= 15 is 0 Å². The Balaban J connectivity index is 2.69. The first-order valence-electron chi connectivity index (χ1n) is 4.46. The van der Waals surface area contributed by atoms with E-state index in [4.69, 9.17) is 0 Å². The zero-order chi connectivity index (χ0) is 10.6. The smallest absolute Gasteiger partial charge is 0.308 e. The van der Waals surface area contributed by atoms with Crippen molar-refractivity contribution >= 4 is 5.97 Å². The minimum Gasteiger partial charge on any atom is -0.469 e. The maximum atomic E-state index is 13.2. The van der Waals surface area contributed by atoms with Gasteiger partial charge in [-0.2, -0.15) is 0 Å². The van der Waals surface area contributed by atoms with Gasteiger partial charge in [0.25, 0.3) is 0 Å². The number of carbonyl (C=O) groups excluding carboxylic acids is 1. The lowest BCUT2D eigenvalue weighted by atomic mass is 10.0. The Labute approximate surface area is 82.7 Å². The fourth-order valence-electron chi connectivity index (χ4n) is 1.28. The van der Waals surface area contributed by atoms with Crippen LogP contribution in [0.2, 0.25) is 0 Å². The molecular weight excluding hydrogens is 183 g/mol. The lowest BCUT2D eigenvalue weighted by Crippen LogP contribution is -2.15. The van der Waals surface area contributed by atoms with E-state index in [-0.39, 0.29) is 17.7 Å². The first-order chi connectivity index (χ1) is 6.65. The Bertz CT molecular complexity index is 323. The molecule has 0 N–H and O–H groups in total. The number of hydrogen-bond donors (Lipinski definition) is 0. The van der Waals surface area contributed by atoms with Gasteiger partial charge in [-0.15, -0.1) is 0 Å². The molecule has 1 aromatic carbocycles. The van der Waals surface area contributed by atoms with Crippen LogP contribution in [-0.4, -0.2) is 13.1 Å². The number of methoxy groups -OCH3 is 1. The number of carbonyl (C=O) groups is 1. The molecule has 0 saturated carbocycles. The van der Waals surface area contributed by atoms with Crippen LogP contribution in [0.5, 0.6) is 0 Å². The maximum absolute atomic E-state index is 13.2. The number of esters is 1. The summed E-state index contributed by atoms with van der Waals surface area (Å²) in [5.74, 6) is -0.895. The standard InChI is InChI=1S/C11H13FO2/c1-8(11(13)14-2)7-9-5-3-4-6-10(9)12/h3-6,8H,7H2,1-2H3. The average molecular weight is 196 g/mol. The molecule has 0 spiro atoms. The molecule has 0 bridgehead atoms. The molecular formula is C11H13FO2. The quantitative estimate of drug-likeness (QED) is 0.692. The Morgan fingerprint density at radius 1 is 1.50 bits per heavy atom. The van der Waals surface area contributed by atoms with Gasteiger partial charge in [0, 0.05) is 0 Å². The van der Waals surface area contributed by atoms with Gasteiger partial charge in [-0.05, 0) is 18.1 Å². The second-order valence-corrected chi connectivity index (χ2v) is 3.22.